The minimum atomic E-state index is 1.26. The van der Waals surface area contributed by atoms with Gasteiger partial charge in [0.15, 0.2) is 0 Å². The van der Waals surface area contributed by atoms with E-state index in [9.17, 15) is 0 Å². The first-order valence-electron chi connectivity index (χ1n) is 19.0. The van der Waals surface area contributed by atoms with E-state index in [4.69, 9.17) is 0 Å². The fourth-order valence-corrected chi connectivity index (χ4v) is 11.0. The van der Waals surface area contributed by atoms with Gasteiger partial charge < -0.3 is 0 Å². The van der Waals surface area contributed by atoms with Gasteiger partial charge in [-0.05, 0) is 153 Å². The van der Waals surface area contributed by atoms with E-state index in [1.54, 1.807) is 0 Å². The summed E-state index contributed by atoms with van der Waals surface area (Å²) in [5.74, 6) is 0. The molecule has 0 amide bonds. The van der Waals surface area contributed by atoms with Gasteiger partial charge in [-0.3, -0.25) is 0 Å². The van der Waals surface area contributed by atoms with Crippen LogP contribution in [0, 0.1) is 0 Å². The van der Waals surface area contributed by atoms with Crippen LogP contribution in [-0.4, -0.2) is 0 Å². The number of benzene rings is 12. The molecule has 0 N–H and O–H groups in total. The topological polar surface area (TPSA) is 0 Å². The molecule has 0 aliphatic carbocycles. The summed E-state index contributed by atoms with van der Waals surface area (Å²) < 4.78 is 0. The largest absolute Gasteiger partial charge is 0.0622 e. The molecule has 244 valence electrons. The maximum Gasteiger partial charge on any atom is -0.000719 e. The molecule has 0 aromatic heterocycles. The normalized spacial score (nSPS) is 12.8. The van der Waals surface area contributed by atoms with Gasteiger partial charge in [-0.25, -0.2) is 0 Å². The van der Waals surface area contributed by atoms with E-state index in [0.717, 1.165) is 0 Å². The molecule has 14 aromatic carbocycles. The highest BCUT2D eigenvalue weighted by Crippen LogP contribution is 2.56. The molecule has 0 fully saturated rings. The lowest BCUT2D eigenvalue weighted by Gasteiger charge is -2.19. The Bertz CT molecular complexity index is 3850. The molecular weight excluding hydrogens is 649 g/mol. The molecule has 0 aliphatic heterocycles. The lowest BCUT2D eigenvalue weighted by molar-refractivity contribution is 1.67. The van der Waals surface area contributed by atoms with Crippen molar-refractivity contribution in [1.29, 1.82) is 0 Å². The Labute approximate surface area is 309 Å². The number of hydrogen-bond donors (Lipinski definition) is 0. The predicted molar refractivity (Wildman–Crippen MR) is 235 cm³/mol. The van der Waals surface area contributed by atoms with Gasteiger partial charge in [0, 0.05) is 0 Å². The highest BCUT2D eigenvalue weighted by atomic mass is 14.3. The summed E-state index contributed by atoms with van der Waals surface area (Å²) >= 11 is 0. The Hall–Kier alpha value is -7.02. The highest BCUT2D eigenvalue weighted by Gasteiger charge is 2.28. The van der Waals surface area contributed by atoms with Crippen LogP contribution in [0.25, 0.3) is 141 Å². The fourth-order valence-electron chi connectivity index (χ4n) is 11.0. The summed E-state index contributed by atoms with van der Waals surface area (Å²) in [7, 11) is 0. The first kappa shape index (κ1) is 27.6. The van der Waals surface area contributed by atoms with Gasteiger partial charge in [-0.2, -0.15) is 0 Å². The molecule has 0 nitrogen and oxygen atoms in total. The lowest BCUT2D eigenvalue weighted by Crippen LogP contribution is -1.90. The van der Waals surface area contributed by atoms with Crippen LogP contribution >= 0.6 is 0 Å². The van der Waals surface area contributed by atoms with Crippen LogP contribution in [0.2, 0.25) is 0 Å². The fraction of sp³-hybridized carbons (Fsp3) is 0. The predicted octanol–water partition coefficient (Wildman–Crippen LogP) is 15.5. The Morgan fingerprint density at radius 2 is 0.611 bits per heavy atom. The van der Waals surface area contributed by atoms with Crippen molar-refractivity contribution in [1.82, 2.24) is 0 Å². The Morgan fingerprint density at radius 3 is 1.24 bits per heavy atom. The summed E-state index contributed by atoms with van der Waals surface area (Å²) in [4.78, 5) is 0. The molecule has 0 saturated carbocycles. The summed E-state index contributed by atoms with van der Waals surface area (Å²) in [6, 6.07) is 64.3. The van der Waals surface area contributed by atoms with E-state index >= 15 is 0 Å². The number of rotatable bonds is 2. The molecule has 0 bridgehead atoms. The number of hydrogen-bond acceptors (Lipinski definition) is 0. The summed E-state index contributed by atoms with van der Waals surface area (Å²) in [6.45, 7) is 0. The molecule has 0 unspecified atom stereocenters. The van der Waals surface area contributed by atoms with E-state index in [1.165, 1.54) is 141 Å². The van der Waals surface area contributed by atoms with Gasteiger partial charge in [0.2, 0.25) is 0 Å². The van der Waals surface area contributed by atoms with Crippen LogP contribution in [0.5, 0.6) is 0 Å². The first-order chi connectivity index (χ1) is 26.8. The second-order valence-electron chi connectivity index (χ2n) is 15.4. The zero-order valence-corrected chi connectivity index (χ0v) is 29.2. The molecule has 0 heteroatoms. The minimum Gasteiger partial charge on any atom is -0.0622 e. The maximum atomic E-state index is 2.53. The Balaban J connectivity index is 1.26. The van der Waals surface area contributed by atoms with Crippen molar-refractivity contribution >= 4 is 118 Å². The number of fused-ring (bicyclic) bond motifs is 10. The zero-order valence-electron chi connectivity index (χ0n) is 29.2. The summed E-state index contributed by atoms with van der Waals surface area (Å²) in [6.07, 6.45) is 0. The van der Waals surface area contributed by atoms with Crippen molar-refractivity contribution in [3.8, 4) is 22.3 Å². The summed E-state index contributed by atoms with van der Waals surface area (Å²) in [5.41, 5.74) is 5.17. The van der Waals surface area contributed by atoms with E-state index in [1.807, 2.05) is 0 Å². The van der Waals surface area contributed by atoms with Gasteiger partial charge >= 0.3 is 0 Å². The standard InChI is InChI=1S/C54H28/c1-3-12-30(13-4-1)44-35-17-9-10-18-36(35)45(31-14-5-2-6-15-31)54-43-28-33-20-19-32-27-42-39-22-21-29-11-7-8-16-34(29)48(39)40-25-23-37-38-24-26-41(53(44)54)50(43)52(38)47(33)46(32)51(37)49(40)42/h1-28H. The van der Waals surface area contributed by atoms with Crippen LogP contribution in [0.15, 0.2) is 170 Å². The average molecular weight is 677 g/mol. The molecule has 0 saturated heterocycles. The third-order valence-corrected chi connectivity index (χ3v) is 13.0. The molecule has 0 spiro atoms. The van der Waals surface area contributed by atoms with E-state index in [2.05, 4.69) is 170 Å². The maximum absolute atomic E-state index is 2.53. The Morgan fingerprint density at radius 1 is 0.185 bits per heavy atom. The van der Waals surface area contributed by atoms with Crippen LogP contribution in [-0.2, 0) is 0 Å². The van der Waals surface area contributed by atoms with Gasteiger partial charge in [0.1, 0.15) is 0 Å². The third-order valence-electron chi connectivity index (χ3n) is 13.0. The van der Waals surface area contributed by atoms with Crippen molar-refractivity contribution < 1.29 is 0 Å². The van der Waals surface area contributed by atoms with Crippen LogP contribution in [0.4, 0.5) is 0 Å². The minimum absolute atomic E-state index is 1.26. The van der Waals surface area contributed by atoms with E-state index in [-0.39, 0.29) is 0 Å². The highest BCUT2D eigenvalue weighted by molar-refractivity contribution is 6.52. The quantitative estimate of drug-likeness (QED) is 0.126. The van der Waals surface area contributed by atoms with Gasteiger partial charge in [0.25, 0.3) is 0 Å². The average Bonchev–Trinajstić information content (AvgIpc) is 3.74. The smallest absolute Gasteiger partial charge is 0.000719 e. The SMILES string of the molecule is c1ccc(-c2c3ccccc3c(-c3ccccc3)c3c4cc5ccc6cc7c8ccc9ccccc9c8c8ccc9c%10ccc(c23)c4c%10c5c6c9c78)cc1. The second-order valence-corrected chi connectivity index (χ2v) is 15.4. The van der Waals surface area contributed by atoms with E-state index < -0.39 is 0 Å². The molecule has 54 heavy (non-hydrogen) atoms. The first-order valence-corrected chi connectivity index (χ1v) is 19.0. The van der Waals surface area contributed by atoms with Gasteiger partial charge in [-0.1, -0.05) is 158 Å². The van der Waals surface area contributed by atoms with Crippen molar-refractivity contribution in [2.75, 3.05) is 0 Å². The molecule has 0 radical (unpaired) electrons. The van der Waals surface area contributed by atoms with Crippen molar-refractivity contribution in [2.24, 2.45) is 0 Å². The molecule has 14 aromatic rings. The van der Waals surface area contributed by atoms with Crippen molar-refractivity contribution in [2.45, 2.75) is 0 Å². The molecule has 0 heterocycles. The van der Waals surface area contributed by atoms with Crippen molar-refractivity contribution in [3.05, 3.63) is 170 Å². The zero-order chi connectivity index (χ0) is 34.8. The molecular formula is C54H28. The third kappa shape index (κ3) is 3.12. The molecule has 0 atom stereocenters. The van der Waals surface area contributed by atoms with Crippen LogP contribution in [0.3, 0.4) is 0 Å². The molecule has 0 aliphatic rings. The van der Waals surface area contributed by atoms with E-state index in [0.29, 0.717) is 0 Å². The van der Waals surface area contributed by atoms with Crippen LogP contribution in [0.1, 0.15) is 0 Å². The van der Waals surface area contributed by atoms with Crippen molar-refractivity contribution in [3.63, 3.8) is 0 Å². The summed E-state index contributed by atoms with van der Waals surface area (Å²) in [5, 5.41) is 29.9. The van der Waals surface area contributed by atoms with Crippen LogP contribution < -0.4 is 0 Å². The second kappa shape index (κ2) is 9.50. The monoisotopic (exact) mass is 676 g/mol. The molecule has 14 rings (SSSR count). The lowest BCUT2D eigenvalue weighted by atomic mass is 9.84. The van der Waals surface area contributed by atoms with Gasteiger partial charge in [-0.15, -0.1) is 0 Å². The Kier molecular flexibility index (Phi) is 4.85. The van der Waals surface area contributed by atoms with Gasteiger partial charge in [0.05, 0.1) is 0 Å².